The van der Waals surface area contributed by atoms with Gasteiger partial charge in [0.05, 0.1) is 40.1 Å². The molecular formula is C13H11ClINO. The topological polar surface area (TPSA) is 23.5 Å². The van der Waals surface area contributed by atoms with Crippen molar-refractivity contribution in [3.05, 3.63) is 59.1 Å². The van der Waals surface area contributed by atoms with E-state index in [0.717, 1.165) is 11.3 Å². The van der Waals surface area contributed by atoms with Crippen LogP contribution in [-0.4, -0.2) is 5.11 Å². The first-order valence-electron chi connectivity index (χ1n) is 5.13. The fourth-order valence-electron chi connectivity index (χ4n) is 1.53. The van der Waals surface area contributed by atoms with Crippen LogP contribution < -0.4 is 3.11 Å². The maximum Gasteiger partial charge on any atom is 0.120 e. The second-order valence-electron chi connectivity index (χ2n) is 3.60. The van der Waals surface area contributed by atoms with Crippen LogP contribution in [0.2, 0.25) is 5.02 Å². The number of rotatable bonds is 3. The first-order chi connectivity index (χ1) is 8.18. The number of phenolic OH excluding ortho intramolecular Hbond substituents is 1. The van der Waals surface area contributed by atoms with Crippen molar-refractivity contribution in [2.45, 2.75) is 6.54 Å². The summed E-state index contributed by atoms with van der Waals surface area (Å²) in [7, 11) is 0. The molecule has 0 spiro atoms. The minimum absolute atomic E-state index is 0.307. The third-order valence-electron chi connectivity index (χ3n) is 2.41. The molecule has 0 aromatic heterocycles. The van der Waals surface area contributed by atoms with Crippen molar-refractivity contribution < 1.29 is 5.11 Å². The molecule has 0 atom stereocenters. The summed E-state index contributed by atoms with van der Waals surface area (Å²) in [6.45, 7) is 0.608. The Morgan fingerprint density at radius 2 is 1.71 bits per heavy atom. The average Bonchev–Trinajstić information content (AvgIpc) is 2.32. The van der Waals surface area contributed by atoms with Crippen LogP contribution >= 0.6 is 34.5 Å². The van der Waals surface area contributed by atoms with Gasteiger partial charge in [0.2, 0.25) is 0 Å². The molecule has 1 N–H and O–H groups in total. The van der Waals surface area contributed by atoms with Crippen molar-refractivity contribution in [3.63, 3.8) is 0 Å². The fraction of sp³-hybridized carbons (Fsp3) is 0.0769. The van der Waals surface area contributed by atoms with E-state index in [2.05, 4.69) is 22.9 Å². The highest BCUT2D eigenvalue weighted by atomic mass is 127. The highest BCUT2D eigenvalue weighted by Crippen LogP contribution is 2.30. The number of nitrogens with zero attached hydrogens (tertiary/aromatic N) is 1. The van der Waals surface area contributed by atoms with Crippen molar-refractivity contribution >= 4 is 40.2 Å². The second-order valence-corrected chi connectivity index (χ2v) is 5.17. The molecule has 0 heterocycles. The van der Waals surface area contributed by atoms with E-state index in [9.17, 15) is 5.11 Å². The van der Waals surface area contributed by atoms with Gasteiger partial charge in [-0.3, -0.25) is 0 Å². The van der Waals surface area contributed by atoms with Crippen molar-refractivity contribution in [1.82, 2.24) is 0 Å². The third kappa shape index (κ3) is 3.04. The van der Waals surface area contributed by atoms with Crippen LogP contribution in [-0.2, 0) is 6.54 Å². The van der Waals surface area contributed by atoms with Crippen molar-refractivity contribution in [1.29, 1.82) is 0 Å². The number of hydrogen-bond acceptors (Lipinski definition) is 2. The Kier molecular flexibility index (Phi) is 4.12. The van der Waals surface area contributed by atoms with Gasteiger partial charge in [0.15, 0.2) is 0 Å². The lowest BCUT2D eigenvalue weighted by atomic mass is 10.2. The van der Waals surface area contributed by atoms with E-state index in [-0.39, 0.29) is 0 Å². The van der Waals surface area contributed by atoms with E-state index < -0.39 is 0 Å². The van der Waals surface area contributed by atoms with Crippen LogP contribution in [0.5, 0.6) is 5.75 Å². The summed E-state index contributed by atoms with van der Waals surface area (Å²) in [6, 6.07) is 15.0. The number of phenols is 1. The molecule has 0 saturated carbocycles. The average molecular weight is 360 g/mol. The molecule has 88 valence electrons. The first-order valence-corrected chi connectivity index (χ1v) is 6.47. The molecule has 17 heavy (non-hydrogen) atoms. The lowest BCUT2D eigenvalue weighted by Crippen LogP contribution is -2.09. The Balaban J connectivity index is 2.20. The first kappa shape index (κ1) is 12.5. The maximum atomic E-state index is 9.71. The van der Waals surface area contributed by atoms with E-state index >= 15 is 0 Å². The molecule has 0 amide bonds. The molecule has 0 unspecified atom stereocenters. The molecule has 0 aliphatic carbocycles. The Labute approximate surface area is 119 Å². The minimum atomic E-state index is 0.307. The summed E-state index contributed by atoms with van der Waals surface area (Å²) in [5.74, 6) is 0.307. The standard InChI is InChI=1S/C13H11ClINO/c14-11-6-2-3-7-12(11)16(15)9-10-5-1-4-8-13(10)17/h1-8,17H,9H2. The van der Waals surface area contributed by atoms with Gasteiger partial charge in [-0.15, -0.1) is 0 Å². The minimum Gasteiger partial charge on any atom is -0.508 e. The highest BCUT2D eigenvalue weighted by Gasteiger charge is 2.09. The summed E-state index contributed by atoms with van der Waals surface area (Å²) >= 11 is 8.31. The van der Waals surface area contributed by atoms with Crippen LogP contribution in [0.15, 0.2) is 48.5 Å². The molecule has 2 rings (SSSR count). The van der Waals surface area contributed by atoms with Gasteiger partial charge >= 0.3 is 0 Å². The Morgan fingerprint density at radius 1 is 1.06 bits per heavy atom. The largest absolute Gasteiger partial charge is 0.508 e. The molecule has 0 radical (unpaired) electrons. The van der Waals surface area contributed by atoms with Crippen molar-refractivity contribution in [2.75, 3.05) is 3.11 Å². The summed E-state index contributed by atoms with van der Waals surface area (Å²) in [6.07, 6.45) is 0. The molecule has 2 nitrogen and oxygen atoms in total. The van der Waals surface area contributed by atoms with E-state index in [4.69, 9.17) is 11.6 Å². The Morgan fingerprint density at radius 3 is 2.41 bits per heavy atom. The predicted molar refractivity (Wildman–Crippen MR) is 79.8 cm³/mol. The molecule has 2 aromatic rings. The lowest BCUT2D eigenvalue weighted by Gasteiger charge is -2.18. The molecular weight excluding hydrogens is 349 g/mol. The number of hydrogen-bond donors (Lipinski definition) is 1. The van der Waals surface area contributed by atoms with Crippen LogP contribution in [0.1, 0.15) is 5.56 Å². The van der Waals surface area contributed by atoms with Crippen LogP contribution in [0.25, 0.3) is 0 Å². The monoisotopic (exact) mass is 359 g/mol. The van der Waals surface area contributed by atoms with Crippen LogP contribution in [0.3, 0.4) is 0 Å². The third-order valence-corrected chi connectivity index (χ3v) is 3.60. The normalized spacial score (nSPS) is 10.2. The van der Waals surface area contributed by atoms with Crippen molar-refractivity contribution in [2.24, 2.45) is 0 Å². The van der Waals surface area contributed by atoms with Crippen LogP contribution in [0, 0.1) is 0 Å². The Bertz CT molecular complexity index is 518. The molecule has 2 aromatic carbocycles. The zero-order chi connectivity index (χ0) is 12.3. The van der Waals surface area contributed by atoms with E-state index in [1.54, 1.807) is 6.07 Å². The molecule has 0 saturated heterocycles. The van der Waals surface area contributed by atoms with Gasteiger partial charge in [0, 0.05) is 5.56 Å². The van der Waals surface area contributed by atoms with Gasteiger partial charge in [0.25, 0.3) is 0 Å². The Hall–Kier alpha value is -0.940. The summed E-state index contributed by atoms with van der Waals surface area (Å²) in [4.78, 5) is 0. The van der Waals surface area contributed by atoms with Gasteiger partial charge in [-0.1, -0.05) is 41.9 Å². The predicted octanol–water partition coefficient (Wildman–Crippen LogP) is 4.40. The number of anilines is 1. The zero-order valence-electron chi connectivity index (χ0n) is 8.98. The van der Waals surface area contributed by atoms with E-state index in [0.29, 0.717) is 17.3 Å². The molecule has 4 heteroatoms. The van der Waals surface area contributed by atoms with Crippen molar-refractivity contribution in [3.8, 4) is 5.75 Å². The summed E-state index contributed by atoms with van der Waals surface area (Å²) in [5.41, 5.74) is 1.82. The molecule has 0 fully saturated rings. The summed E-state index contributed by atoms with van der Waals surface area (Å²) < 4.78 is 1.98. The second kappa shape index (κ2) is 5.60. The van der Waals surface area contributed by atoms with Gasteiger partial charge < -0.3 is 8.22 Å². The van der Waals surface area contributed by atoms with Gasteiger partial charge in [-0.2, -0.15) is 0 Å². The SMILES string of the molecule is Oc1ccccc1CN(I)c1ccccc1Cl. The highest BCUT2D eigenvalue weighted by molar-refractivity contribution is 14.1. The molecule has 0 aliphatic rings. The van der Waals surface area contributed by atoms with Gasteiger partial charge in [-0.05, 0) is 18.2 Å². The molecule has 0 bridgehead atoms. The maximum absolute atomic E-state index is 9.71. The smallest absolute Gasteiger partial charge is 0.120 e. The lowest BCUT2D eigenvalue weighted by molar-refractivity contribution is 0.469. The fourth-order valence-corrected chi connectivity index (χ4v) is 2.70. The van der Waals surface area contributed by atoms with E-state index in [1.165, 1.54) is 0 Å². The number of para-hydroxylation sites is 2. The van der Waals surface area contributed by atoms with Gasteiger partial charge in [0.1, 0.15) is 5.75 Å². The zero-order valence-corrected chi connectivity index (χ0v) is 11.9. The molecule has 0 aliphatic heterocycles. The summed E-state index contributed by atoms with van der Waals surface area (Å²) in [5, 5.41) is 10.4. The van der Waals surface area contributed by atoms with Crippen LogP contribution in [0.4, 0.5) is 5.69 Å². The quantitative estimate of drug-likeness (QED) is 0.648. The number of aromatic hydroxyl groups is 1. The number of benzene rings is 2. The number of halogens is 2. The van der Waals surface area contributed by atoms with E-state index in [1.807, 2.05) is 45.6 Å². The van der Waals surface area contributed by atoms with Gasteiger partial charge in [-0.25, -0.2) is 0 Å².